The number of carbonyl (C=O) groups excluding carboxylic acids is 2. The third-order valence-electron chi connectivity index (χ3n) is 3.23. The van der Waals surface area contributed by atoms with E-state index in [4.69, 9.17) is 0 Å². The molecule has 2 rings (SSSR count). The molecule has 0 saturated heterocycles. The molecular formula is C16H20N2O2. The third kappa shape index (κ3) is 4.23. The molecule has 1 aromatic carbocycles. The van der Waals surface area contributed by atoms with Gasteiger partial charge in [0.15, 0.2) is 5.78 Å². The van der Waals surface area contributed by atoms with Gasteiger partial charge in [-0.25, -0.2) is 0 Å². The predicted molar refractivity (Wildman–Crippen MR) is 77.5 cm³/mol. The highest BCUT2D eigenvalue weighted by molar-refractivity contribution is 5.91. The Morgan fingerprint density at radius 2 is 1.90 bits per heavy atom. The highest BCUT2D eigenvalue weighted by Crippen LogP contribution is 2.32. The van der Waals surface area contributed by atoms with E-state index < -0.39 is 0 Å². The lowest BCUT2D eigenvalue weighted by Gasteiger charge is -2.29. The van der Waals surface area contributed by atoms with Gasteiger partial charge >= 0.3 is 0 Å². The van der Waals surface area contributed by atoms with E-state index in [2.05, 4.69) is 10.9 Å². The third-order valence-corrected chi connectivity index (χ3v) is 3.23. The summed E-state index contributed by atoms with van der Waals surface area (Å²) in [7, 11) is 0. The summed E-state index contributed by atoms with van der Waals surface area (Å²) in [4.78, 5) is 23.4. The summed E-state index contributed by atoms with van der Waals surface area (Å²) in [6, 6.07) is 9.54. The van der Waals surface area contributed by atoms with Crippen LogP contribution in [0.3, 0.4) is 0 Å². The number of amides is 1. The summed E-state index contributed by atoms with van der Waals surface area (Å²) in [6.45, 7) is 4.09. The first-order chi connectivity index (χ1) is 9.44. The van der Waals surface area contributed by atoms with Crippen LogP contribution in [0.5, 0.6) is 0 Å². The summed E-state index contributed by atoms with van der Waals surface area (Å²) in [5, 5.41) is 0. The average molecular weight is 272 g/mol. The molecule has 0 unspecified atom stereocenters. The fourth-order valence-electron chi connectivity index (χ4n) is 2.40. The molecule has 0 aliphatic heterocycles. The smallest absolute Gasteiger partial charge is 0.242 e. The van der Waals surface area contributed by atoms with Crippen molar-refractivity contribution in [1.82, 2.24) is 10.9 Å². The van der Waals surface area contributed by atoms with Crippen LogP contribution in [0, 0.1) is 5.41 Å². The number of allylic oxidation sites excluding steroid dienone is 2. The van der Waals surface area contributed by atoms with Crippen LogP contribution in [-0.4, -0.2) is 11.7 Å². The quantitative estimate of drug-likeness (QED) is 0.825. The Morgan fingerprint density at radius 3 is 2.55 bits per heavy atom. The van der Waals surface area contributed by atoms with Crippen molar-refractivity contribution in [2.45, 2.75) is 33.1 Å². The van der Waals surface area contributed by atoms with Gasteiger partial charge in [-0.15, -0.1) is 0 Å². The Balaban J connectivity index is 1.86. The van der Waals surface area contributed by atoms with Crippen LogP contribution >= 0.6 is 0 Å². The second kappa shape index (κ2) is 5.90. The molecule has 0 radical (unpaired) electrons. The maximum atomic E-state index is 11.8. The van der Waals surface area contributed by atoms with Crippen molar-refractivity contribution in [3.05, 3.63) is 47.7 Å². The molecule has 1 aliphatic rings. The van der Waals surface area contributed by atoms with Crippen molar-refractivity contribution in [3.63, 3.8) is 0 Å². The van der Waals surface area contributed by atoms with E-state index in [1.165, 1.54) is 0 Å². The summed E-state index contributed by atoms with van der Waals surface area (Å²) < 4.78 is 0. The molecule has 4 nitrogen and oxygen atoms in total. The minimum atomic E-state index is -0.118. The number of carbonyl (C=O) groups is 2. The first-order valence-electron chi connectivity index (χ1n) is 6.77. The monoisotopic (exact) mass is 272 g/mol. The van der Waals surface area contributed by atoms with Crippen LogP contribution in [0.25, 0.3) is 0 Å². The molecular weight excluding hydrogens is 252 g/mol. The summed E-state index contributed by atoms with van der Waals surface area (Å²) >= 11 is 0. The van der Waals surface area contributed by atoms with E-state index in [0.717, 1.165) is 17.7 Å². The number of ketones is 1. The van der Waals surface area contributed by atoms with E-state index in [9.17, 15) is 9.59 Å². The summed E-state index contributed by atoms with van der Waals surface area (Å²) in [6.07, 6.45) is 3.20. The maximum absolute atomic E-state index is 11.8. The Morgan fingerprint density at radius 1 is 1.20 bits per heavy atom. The Hall–Kier alpha value is -2.10. The van der Waals surface area contributed by atoms with Crippen LogP contribution in [0.1, 0.15) is 32.3 Å². The van der Waals surface area contributed by atoms with Crippen molar-refractivity contribution in [2.24, 2.45) is 5.41 Å². The molecule has 0 saturated carbocycles. The molecule has 20 heavy (non-hydrogen) atoms. The first-order valence-corrected chi connectivity index (χ1v) is 6.77. The van der Waals surface area contributed by atoms with Gasteiger partial charge in [0, 0.05) is 18.2 Å². The lowest BCUT2D eigenvalue weighted by Crippen LogP contribution is -2.40. The molecule has 4 heteroatoms. The summed E-state index contributed by atoms with van der Waals surface area (Å²) in [5.41, 5.74) is 7.19. The molecule has 1 amide bonds. The van der Waals surface area contributed by atoms with Gasteiger partial charge in [-0.05, 0) is 17.4 Å². The molecule has 0 fully saturated rings. The van der Waals surface area contributed by atoms with Crippen molar-refractivity contribution in [1.29, 1.82) is 0 Å². The summed E-state index contributed by atoms with van der Waals surface area (Å²) in [5.74, 6) is -0.0195. The van der Waals surface area contributed by atoms with Crippen LogP contribution in [-0.2, 0) is 16.0 Å². The van der Waals surface area contributed by atoms with Gasteiger partial charge < -0.3 is 5.43 Å². The van der Waals surface area contributed by atoms with Crippen LogP contribution in [0.2, 0.25) is 0 Å². The fraction of sp³-hybridized carbons (Fsp3) is 0.375. The number of hydrogen-bond acceptors (Lipinski definition) is 3. The zero-order valence-corrected chi connectivity index (χ0v) is 11.9. The minimum Gasteiger partial charge on any atom is -0.303 e. The maximum Gasteiger partial charge on any atom is 0.242 e. The van der Waals surface area contributed by atoms with E-state index in [1.54, 1.807) is 6.08 Å². The lowest BCUT2D eigenvalue weighted by molar-refractivity contribution is -0.121. The molecule has 0 spiro atoms. The molecule has 0 atom stereocenters. The zero-order chi connectivity index (χ0) is 14.6. The number of nitrogens with one attached hydrogen (secondary N) is 2. The second-order valence-electron chi connectivity index (χ2n) is 5.99. The fourth-order valence-corrected chi connectivity index (χ4v) is 2.40. The molecule has 2 N–H and O–H groups in total. The molecule has 0 bridgehead atoms. The van der Waals surface area contributed by atoms with Gasteiger partial charge in [0.1, 0.15) is 0 Å². The van der Waals surface area contributed by atoms with Gasteiger partial charge in [0.2, 0.25) is 5.91 Å². The van der Waals surface area contributed by atoms with Gasteiger partial charge in [-0.2, -0.15) is 0 Å². The van der Waals surface area contributed by atoms with Crippen LogP contribution in [0.4, 0.5) is 0 Å². The Labute approximate surface area is 119 Å². The van der Waals surface area contributed by atoms with Crippen molar-refractivity contribution >= 4 is 11.7 Å². The Kier molecular flexibility index (Phi) is 4.23. The highest BCUT2D eigenvalue weighted by Gasteiger charge is 2.27. The Bertz CT molecular complexity index is 533. The van der Waals surface area contributed by atoms with E-state index in [-0.39, 0.29) is 17.1 Å². The van der Waals surface area contributed by atoms with E-state index in [0.29, 0.717) is 12.8 Å². The normalized spacial score (nSPS) is 17.3. The van der Waals surface area contributed by atoms with Crippen molar-refractivity contribution in [3.8, 4) is 0 Å². The van der Waals surface area contributed by atoms with Gasteiger partial charge in [-0.3, -0.25) is 15.0 Å². The first kappa shape index (κ1) is 14.3. The molecule has 0 aromatic heterocycles. The highest BCUT2D eigenvalue weighted by atomic mass is 16.2. The largest absolute Gasteiger partial charge is 0.303 e. The van der Waals surface area contributed by atoms with Crippen LogP contribution < -0.4 is 10.9 Å². The molecule has 0 heterocycles. The SMILES string of the molecule is CC1(C)CC(=O)C=C(NNC(=O)Cc2ccccc2)C1. The standard InChI is InChI=1S/C16H20N2O2/c1-16(2)10-13(9-14(19)11-16)17-18-15(20)8-12-6-4-3-5-7-12/h3-7,9,17H,8,10-11H2,1-2H3,(H,18,20). The molecule has 106 valence electrons. The number of hydrogen-bond donors (Lipinski definition) is 2. The average Bonchev–Trinajstić information content (AvgIpc) is 2.35. The zero-order valence-electron chi connectivity index (χ0n) is 11.9. The van der Waals surface area contributed by atoms with E-state index in [1.807, 2.05) is 44.2 Å². The van der Waals surface area contributed by atoms with Crippen molar-refractivity contribution in [2.75, 3.05) is 0 Å². The van der Waals surface area contributed by atoms with Gasteiger partial charge in [0.25, 0.3) is 0 Å². The topological polar surface area (TPSA) is 58.2 Å². The van der Waals surface area contributed by atoms with E-state index >= 15 is 0 Å². The van der Waals surface area contributed by atoms with Gasteiger partial charge in [0.05, 0.1) is 6.42 Å². The minimum absolute atomic E-state index is 0.0572. The molecule has 1 aromatic rings. The molecule has 1 aliphatic carbocycles. The predicted octanol–water partition coefficient (Wildman–Crippen LogP) is 2.12. The van der Waals surface area contributed by atoms with Crippen molar-refractivity contribution < 1.29 is 9.59 Å². The van der Waals surface area contributed by atoms with Gasteiger partial charge in [-0.1, -0.05) is 44.2 Å². The number of rotatable bonds is 4. The van der Waals surface area contributed by atoms with Crippen LogP contribution in [0.15, 0.2) is 42.1 Å². The lowest BCUT2D eigenvalue weighted by atomic mass is 9.79. The second-order valence-corrected chi connectivity index (χ2v) is 5.99. The number of hydrazine groups is 1. The number of benzene rings is 1.